The highest BCUT2D eigenvalue weighted by Gasteiger charge is 2.11. The first kappa shape index (κ1) is 8.90. The van der Waals surface area contributed by atoms with Gasteiger partial charge in [0.15, 0.2) is 0 Å². The Morgan fingerprint density at radius 3 is 2.71 bits per heavy atom. The van der Waals surface area contributed by atoms with Crippen molar-refractivity contribution < 1.29 is 9.90 Å². The van der Waals surface area contributed by atoms with Gasteiger partial charge in [-0.2, -0.15) is 0 Å². The van der Waals surface area contributed by atoms with E-state index in [-0.39, 0.29) is 0 Å². The lowest BCUT2D eigenvalue weighted by Crippen LogP contribution is -1.97. The van der Waals surface area contributed by atoms with Gasteiger partial charge in [0.05, 0.1) is 10.4 Å². The first-order valence-corrected chi connectivity index (χ1v) is 4.80. The second kappa shape index (κ2) is 3.59. The van der Waals surface area contributed by atoms with Gasteiger partial charge in [-0.05, 0) is 23.7 Å². The predicted octanol–water partition coefficient (Wildman–Crippen LogP) is 2.51. The number of aromatic carboxylic acids is 1. The smallest absolute Gasteiger partial charge is 0.336 e. The van der Waals surface area contributed by atoms with E-state index in [1.165, 1.54) is 11.5 Å². The highest BCUT2D eigenvalue weighted by molar-refractivity contribution is 7.09. The molecule has 0 aliphatic carbocycles. The number of rotatable bonds is 2. The molecular weight excluding hydrogens is 198 g/mol. The molecular formula is C10H7NO2S. The van der Waals surface area contributed by atoms with Crippen LogP contribution in [0.15, 0.2) is 36.5 Å². The summed E-state index contributed by atoms with van der Waals surface area (Å²) in [5.41, 5.74) is 1.04. The standard InChI is InChI=1S/C10H7NO2S/c12-10(13)8-4-2-1-3-7(8)9-5-6-11-14-9/h1-6H,(H,12,13). The zero-order valence-electron chi connectivity index (χ0n) is 7.18. The lowest BCUT2D eigenvalue weighted by atomic mass is 10.1. The molecule has 0 radical (unpaired) electrons. The number of hydrogen-bond donors (Lipinski definition) is 1. The van der Waals surface area contributed by atoms with Crippen LogP contribution >= 0.6 is 11.5 Å². The molecule has 0 saturated carbocycles. The van der Waals surface area contributed by atoms with Gasteiger partial charge in [-0.25, -0.2) is 9.17 Å². The van der Waals surface area contributed by atoms with Crippen molar-refractivity contribution in [3.8, 4) is 10.4 Å². The maximum Gasteiger partial charge on any atom is 0.336 e. The van der Waals surface area contributed by atoms with Gasteiger partial charge in [0.2, 0.25) is 0 Å². The Kier molecular flexibility index (Phi) is 2.28. The van der Waals surface area contributed by atoms with E-state index in [2.05, 4.69) is 4.37 Å². The van der Waals surface area contributed by atoms with Crippen molar-refractivity contribution in [2.45, 2.75) is 0 Å². The SMILES string of the molecule is O=C(O)c1ccccc1-c1ccns1. The fraction of sp³-hybridized carbons (Fsp3) is 0. The molecule has 1 aromatic heterocycles. The lowest BCUT2D eigenvalue weighted by Gasteiger charge is -2.01. The van der Waals surface area contributed by atoms with Gasteiger partial charge in [-0.3, -0.25) is 0 Å². The monoisotopic (exact) mass is 205 g/mol. The van der Waals surface area contributed by atoms with E-state index in [1.807, 2.05) is 12.1 Å². The van der Waals surface area contributed by atoms with Crippen molar-refractivity contribution in [3.63, 3.8) is 0 Å². The molecule has 0 bridgehead atoms. The Hall–Kier alpha value is -1.68. The number of benzene rings is 1. The quantitative estimate of drug-likeness (QED) is 0.819. The molecule has 1 N–H and O–H groups in total. The van der Waals surface area contributed by atoms with Crippen molar-refractivity contribution in [1.29, 1.82) is 0 Å². The molecule has 0 aliphatic rings. The molecule has 1 aromatic carbocycles. The molecule has 0 amide bonds. The highest BCUT2D eigenvalue weighted by atomic mass is 32.1. The third-order valence-electron chi connectivity index (χ3n) is 1.86. The van der Waals surface area contributed by atoms with Crippen LogP contribution in [0.25, 0.3) is 10.4 Å². The topological polar surface area (TPSA) is 50.2 Å². The maximum atomic E-state index is 10.9. The summed E-state index contributed by atoms with van der Waals surface area (Å²) in [6.45, 7) is 0. The van der Waals surface area contributed by atoms with E-state index in [9.17, 15) is 4.79 Å². The Morgan fingerprint density at radius 2 is 2.07 bits per heavy atom. The van der Waals surface area contributed by atoms with Crippen LogP contribution in [-0.4, -0.2) is 15.4 Å². The highest BCUT2D eigenvalue weighted by Crippen LogP contribution is 2.26. The van der Waals surface area contributed by atoms with Gasteiger partial charge in [-0.1, -0.05) is 18.2 Å². The summed E-state index contributed by atoms with van der Waals surface area (Å²) in [6, 6.07) is 8.73. The summed E-state index contributed by atoms with van der Waals surface area (Å²) >= 11 is 1.29. The van der Waals surface area contributed by atoms with Crippen LogP contribution in [0.1, 0.15) is 10.4 Å². The zero-order chi connectivity index (χ0) is 9.97. The third-order valence-corrected chi connectivity index (χ3v) is 2.64. The first-order valence-electron chi connectivity index (χ1n) is 4.02. The summed E-state index contributed by atoms with van der Waals surface area (Å²) in [5.74, 6) is -0.908. The molecule has 1 heterocycles. The van der Waals surface area contributed by atoms with Gasteiger partial charge in [0.1, 0.15) is 0 Å². The van der Waals surface area contributed by atoms with Crippen LogP contribution in [-0.2, 0) is 0 Å². The molecule has 2 rings (SSSR count). The zero-order valence-corrected chi connectivity index (χ0v) is 7.99. The van der Waals surface area contributed by atoms with E-state index < -0.39 is 5.97 Å². The largest absolute Gasteiger partial charge is 0.478 e. The summed E-state index contributed by atoms with van der Waals surface area (Å²) in [4.78, 5) is 11.8. The molecule has 0 unspecified atom stereocenters. The Bertz CT molecular complexity index is 451. The predicted molar refractivity (Wildman–Crippen MR) is 54.5 cm³/mol. The molecule has 70 valence electrons. The van der Waals surface area contributed by atoms with E-state index in [0.717, 1.165) is 10.4 Å². The Labute approximate surface area is 84.8 Å². The van der Waals surface area contributed by atoms with Crippen LogP contribution in [0.4, 0.5) is 0 Å². The number of hydrogen-bond acceptors (Lipinski definition) is 3. The minimum absolute atomic E-state index is 0.316. The fourth-order valence-electron chi connectivity index (χ4n) is 1.24. The number of carbonyl (C=O) groups is 1. The van der Waals surface area contributed by atoms with Gasteiger partial charge in [0.25, 0.3) is 0 Å². The normalized spacial score (nSPS) is 10.0. The average molecular weight is 205 g/mol. The minimum Gasteiger partial charge on any atom is -0.478 e. The van der Waals surface area contributed by atoms with Crippen LogP contribution < -0.4 is 0 Å². The number of carboxylic acids is 1. The van der Waals surface area contributed by atoms with E-state index in [4.69, 9.17) is 5.11 Å². The first-order chi connectivity index (χ1) is 6.79. The Morgan fingerprint density at radius 1 is 1.29 bits per heavy atom. The molecule has 0 atom stereocenters. The molecule has 0 spiro atoms. The van der Waals surface area contributed by atoms with Crippen molar-refractivity contribution in [1.82, 2.24) is 4.37 Å². The second-order valence-electron chi connectivity index (χ2n) is 2.73. The van der Waals surface area contributed by atoms with E-state index in [0.29, 0.717) is 5.56 Å². The van der Waals surface area contributed by atoms with Crippen molar-refractivity contribution in [2.75, 3.05) is 0 Å². The molecule has 0 aliphatic heterocycles. The molecule has 0 saturated heterocycles. The summed E-state index contributed by atoms with van der Waals surface area (Å²) < 4.78 is 3.95. The van der Waals surface area contributed by atoms with E-state index in [1.54, 1.807) is 24.4 Å². The van der Waals surface area contributed by atoms with Crippen LogP contribution in [0.3, 0.4) is 0 Å². The second-order valence-corrected chi connectivity index (χ2v) is 3.56. The summed E-state index contributed by atoms with van der Waals surface area (Å²) in [6.07, 6.45) is 1.67. The average Bonchev–Trinajstić information content (AvgIpc) is 2.70. The molecule has 14 heavy (non-hydrogen) atoms. The van der Waals surface area contributed by atoms with Gasteiger partial charge >= 0.3 is 5.97 Å². The van der Waals surface area contributed by atoms with Gasteiger partial charge < -0.3 is 5.11 Å². The van der Waals surface area contributed by atoms with Crippen molar-refractivity contribution in [3.05, 3.63) is 42.1 Å². The van der Waals surface area contributed by atoms with Crippen molar-refractivity contribution in [2.24, 2.45) is 0 Å². The third kappa shape index (κ3) is 1.52. The van der Waals surface area contributed by atoms with Gasteiger partial charge in [0, 0.05) is 11.8 Å². The summed E-state index contributed by atoms with van der Waals surface area (Å²) in [7, 11) is 0. The summed E-state index contributed by atoms with van der Waals surface area (Å²) in [5, 5.41) is 8.95. The number of carboxylic acid groups (broad SMARTS) is 1. The maximum absolute atomic E-state index is 10.9. The molecule has 0 fully saturated rings. The Balaban J connectivity index is 2.58. The van der Waals surface area contributed by atoms with Crippen LogP contribution in [0, 0.1) is 0 Å². The van der Waals surface area contributed by atoms with Crippen LogP contribution in [0.5, 0.6) is 0 Å². The molecule has 3 nitrogen and oxygen atoms in total. The lowest BCUT2D eigenvalue weighted by molar-refractivity contribution is 0.0698. The fourth-order valence-corrected chi connectivity index (χ4v) is 1.87. The van der Waals surface area contributed by atoms with Crippen molar-refractivity contribution >= 4 is 17.5 Å². The molecule has 2 aromatic rings. The number of aromatic nitrogens is 1. The van der Waals surface area contributed by atoms with Gasteiger partial charge in [-0.15, -0.1) is 0 Å². The number of nitrogens with zero attached hydrogens (tertiary/aromatic N) is 1. The van der Waals surface area contributed by atoms with Crippen LogP contribution in [0.2, 0.25) is 0 Å². The minimum atomic E-state index is -0.908. The van der Waals surface area contributed by atoms with E-state index >= 15 is 0 Å². The molecule has 4 heteroatoms.